The summed E-state index contributed by atoms with van der Waals surface area (Å²) in [5.41, 5.74) is 3.16. The molecule has 26 heavy (non-hydrogen) atoms. The number of nitro groups is 1. The van der Waals surface area contributed by atoms with Gasteiger partial charge in [-0.1, -0.05) is 12.1 Å². The van der Waals surface area contributed by atoms with Gasteiger partial charge in [0.25, 0.3) is 0 Å². The molecule has 2 heterocycles. The summed E-state index contributed by atoms with van der Waals surface area (Å²) in [5.74, 6) is 0. The summed E-state index contributed by atoms with van der Waals surface area (Å²) in [6.45, 7) is 5.94. The Labute approximate surface area is 151 Å². The van der Waals surface area contributed by atoms with Crippen molar-refractivity contribution >= 4 is 5.69 Å². The van der Waals surface area contributed by atoms with Gasteiger partial charge in [-0.05, 0) is 45.5 Å². The molecule has 0 saturated carbocycles. The van der Waals surface area contributed by atoms with Gasteiger partial charge in [-0.3, -0.25) is 15.0 Å². The minimum Gasteiger partial charge on any atom is -0.281 e. The van der Waals surface area contributed by atoms with Crippen LogP contribution in [0.2, 0.25) is 0 Å². The standard InChI is InChI=1S/C17H21N7O2/c1-12-17(24(25)26)14(3)23(20-12)11-21(4)13(2)15-5-7-16(8-6-15)22-10-18-9-19-22/h5-10,13H,11H2,1-4H3/t13-/m1/s1. The maximum Gasteiger partial charge on any atom is 0.312 e. The van der Waals surface area contributed by atoms with E-state index < -0.39 is 0 Å². The number of hydrogen-bond acceptors (Lipinski definition) is 6. The molecule has 0 aliphatic heterocycles. The number of rotatable bonds is 6. The van der Waals surface area contributed by atoms with E-state index in [1.54, 1.807) is 29.5 Å². The molecule has 3 aromatic rings. The van der Waals surface area contributed by atoms with Crippen LogP contribution in [0.15, 0.2) is 36.9 Å². The maximum absolute atomic E-state index is 11.2. The normalized spacial score (nSPS) is 12.5. The molecule has 0 bridgehead atoms. The van der Waals surface area contributed by atoms with Gasteiger partial charge in [-0.25, -0.2) is 14.3 Å². The van der Waals surface area contributed by atoms with Crippen molar-refractivity contribution in [2.75, 3.05) is 7.05 Å². The molecule has 3 rings (SSSR count). The summed E-state index contributed by atoms with van der Waals surface area (Å²) in [6, 6.07) is 8.18. The van der Waals surface area contributed by atoms with Gasteiger partial charge >= 0.3 is 5.69 Å². The quantitative estimate of drug-likeness (QED) is 0.498. The zero-order valence-electron chi connectivity index (χ0n) is 15.2. The molecule has 1 aromatic carbocycles. The Balaban J connectivity index is 1.75. The van der Waals surface area contributed by atoms with E-state index in [1.165, 1.54) is 6.33 Å². The lowest BCUT2D eigenvalue weighted by Crippen LogP contribution is -2.26. The zero-order valence-corrected chi connectivity index (χ0v) is 15.2. The van der Waals surface area contributed by atoms with Crippen LogP contribution in [-0.4, -0.2) is 41.4 Å². The number of aryl methyl sites for hydroxylation is 1. The molecule has 0 spiro atoms. The average Bonchev–Trinajstić information content (AvgIpc) is 3.23. The second-order valence-electron chi connectivity index (χ2n) is 6.28. The van der Waals surface area contributed by atoms with Crippen molar-refractivity contribution < 1.29 is 4.92 Å². The van der Waals surface area contributed by atoms with E-state index in [0.717, 1.165) is 11.3 Å². The lowest BCUT2D eigenvalue weighted by molar-refractivity contribution is -0.386. The molecule has 0 aliphatic carbocycles. The second kappa shape index (κ2) is 7.04. The van der Waals surface area contributed by atoms with Crippen LogP contribution in [0.3, 0.4) is 0 Å². The fourth-order valence-corrected chi connectivity index (χ4v) is 2.92. The molecular formula is C17H21N7O2. The third kappa shape index (κ3) is 3.33. The van der Waals surface area contributed by atoms with E-state index >= 15 is 0 Å². The number of aromatic nitrogens is 5. The Bertz CT molecular complexity index is 900. The lowest BCUT2D eigenvalue weighted by Gasteiger charge is -2.25. The van der Waals surface area contributed by atoms with Gasteiger partial charge in [0.05, 0.1) is 17.3 Å². The first-order chi connectivity index (χ1) is 12.4. The van der Waals surface area contributed by atoms with Crippen molar-refractivity contribution in [1.82, 2.24) is 29.4 Å². The van der Waals surface area contributed by atoms with Crippen molar-refractivity contribution in [3.8, 4) is 5.69 Å². The van der Waals surface area contributed by atoms with Gasteiger partial charge in [0.1, 0.15) is 24.0 Å². The molecule has 9 nitrogen and oxygen atoms in total. The average molecular weight is 355 g/mol. The zero-order chi connectivity index (χ0) is 18.8. The fourth-order valence-electron chi connectivity index (χ4n) is 2.92. The largest absolute Gasteiger partial charge is 0.312 e. The van der Waals surface area contributed by atoms with E-state index in [1.807, 2.05) is 31.3 Å². The molecule has 0 unspecified atom stereocenters. The predicted octanol–water partition coefficient (Wildman–Crippen LogP) is 2.64. The first-order valence-corrected chi connectivity index (χ1v) is 8.22. The smallest absolute Gasteiger partial charge is 0.281 e. The van der Waals surface area contributed by atoms with Crippen molar-refractivity contribution in [3.63, 3.8) is 0 Å². The Morgan fingerprint density at radius 3 is 2.50 bits per heavy atom. The molecule has 136 valence electrons. The molecule has 1 atom stereocenters. The van der Waals surface area contributed by atoms with Crippen LogP contribution in [0.25, 0.3) is 5.69 Å². The number of benzene rings is 1. The van der Waals surface area contributed by atoms with Gasteiger partial charge < -0.3 is 0 Å². The Kier molecular flexibility index (Phi) is 4.81. The van der Waals surface area contributed by atoms with Crippen molar-refractivity contribution in [2.45, 2.75) is 33.5 Å². The molecule has 0 N–H and O–H groups in total. The van der Waals surface area contributed by atoms with E-state index in [4.69, 9.17) is 0 Å². The topological polar surface area (TPSA) is 94.9 Å². The van der Waals surface area contributed by atoms with Gasteiger partial charge in [0.15, 0.2) is 0 Å². The van der Waals surface area contributed by atoms with E-state index in [0.29, 0.717) is 18.1 Å². The number of hydrogen-bond donors (Lipinski definition) is 0. The maximum atomic E-state index is 11.2. The molecule has 0 radical (unpaired) electrons. The van der Waals surface area contributed by atoms with Crippen LogP contribution in [-0.2, 0) is 6.67 Å². The van der Waals surface area contributed by atoms with Gasteiger partial charge in [-0.15, -0.1) is 0 Å². The van der Waals surface area contributed by atoms with Gasteiger partial charge in [0.2, 0.25) is 0 Å². The summed E-state index contributed by atoms with van der Waals surface area (Å²) >= 11 is 0. The summed E-state index contributed by atoms with van der Waals surface area (Å²) < 4.78 is 3.38. The predicted molar refractivity (Wildman–Crippen MR) is 95.9 cm³/mol. The number of nitrogens with zero attached hydrogens (tertiary/aromatic N) is 7. The third-order valence-corrected chi connectivity index (χ3v) is 4.60. The summed E-state index contributed by atoms with van der Waals surface area (Å²) in [5, 5.41) is 19.6. The van der Waals surface area contributed by atoms with Crippen LogP contribution in [0.1, 0.15) is 29.9 Å². The molecule has 2 aromatic heterocycles. The van der Waals surface area contributed by atoms with Crippen LogP contribution in [0.5, 0.6) is 0 Å². The third-order valence-electron chi connectivity index (χ3n) is 4.60. The van der Waals surface area contributed by atoms with Crippen molar-refractivity contribution in [3.05, 3.63) is 64.0 Å². The molecular weight excluding hydrogens is 334 g/mol. The highest BCUT2D eigenvalue weighted by atomic mass is 16.6. The second-order valence-corrected chi connectivity index (χ2v) is 6.28. The summed E-state index contributed by atoms with van der Waals surface area (Å²) in [6.07, 6.45) is 3.15. The highest BCUT2D eigenvalue weighted by molar-refractivity contribution is 5.39. The van der Waals surface area contributed by atoms with Crippen molar-refractivity contribution in [1.29, 1.82) is 0 Å². The molecule has 9 heteroatoms. The molecule has 0 aliphatic rings. The van der Waals surface area contributed by atoms with E-state index in [-0.39, 0.29) is 16.7 Å². The lowest BCUT2D eigenvalue weighted by atomic mass is 10.1. The van der Waals surface area contributed by atoms with Crippen LogP contribution in [0.4, 0.5) is 5.69 Å². The van der Waals surface area contributed by atoms with E-state index in [2.05, 4.69) is 27.0 Å². The summed E-state index contributed by atoms with van der Waals surface area (Å²) in [4.78, 5) is 16.8. The Hall–Kier alpha value is -3.07. The Morgan fingerprint density at radius 1 is 1.27 bits per heavy atom. The summed E-state index contributed by atoms with van der Waals surface area (Å²) in [7, 11) is 1.97. The monoisotopic (exact) mass is 355 g/mol. The fraction of sp³-hybridized carbons (Fsp3) is 0.353. The highest BCUT2D eigenvalue weighted by Gasteiger charge is 2.23. The van der Waals surface area contributed by atoms with Gasteiger partial charge in [-0.2, -0.15) is 10.2 Å². The van der Waals surface area contributed by atoms with Crippen LogP contribution in [0, 0.1) is 24.0 Å². The SMILES string of the molecule is Cc1nn(CN(C)[C@H](C)c2ccc(-n3cncn3)cc2)c(C)c1[N+](=O)[O-]. The first-order valence-electron chi connectivity index (χ1n) is 8.22. The van der Waals surface area contributed by atoms with Crippen LogP contribution < -0.4 is 0 Å². The Morgan fingerprint density at radius 2 is 1.96 bits per heavy atom. The minimum absolute atomic E-state index is 0.0863. The highest BCUT2D eigenvalue weighted by Crippen LogP contribution is 2.24. The molecule has 0 fully saturated rings. The minimum atomic E-state index is -0.375. The van der Waals surface area contributed by atoms with Crippen molar-refractivity contribution in [2.24, 2.45) is 0 Å². The van der Waals surface area contributed by atoms with E-state index in [9.17, 15) is 10.1 Å². The van der Waals surface area contributed by atoms with Gasteiger partial charge in [0, 0.05) is 6.04 Å². The van der Waals surface area contributed by atoms with Crippen LogP contribution >= 0.6 is 0 Å². The molecule has 0 saturated heterocycles. The molecule has 0 amide bonds. The first kappa shape index (κ1) is 17.7.